The maximum Gasteiger partial charge on any atom is 0.434 e. The van der Waals surface area contributed by atoms with Crippen LogP contribution in [0.1, 0.15) is 30.5 Å². The van der Waals surface area contributed by atoms with E-state index in [9.17, 15) is 13.2 Å². The van der Waals surface area contributed by atoms with Gasteiger partial charge in [-0.05, 0) is 18.6 Å². The highest BCUT2D eigenvalue weighted by Gasteiger charge is 2.34. The van der Waals surface area contributed by atoms with Crippen molar-refractivity contribution in [3.8, 4) is 0 Å². The predicted molar refractivity (Wildman–Crippen MR) is 112 cm³/mol. The van der Waals surface area contributed by atoms with Gasteiger partial charge in [0.2, 0.25) is 0 Å². The fraction of sp³-hybridized carbons (Fsp3) is 0.733. The third kappa shape index (κ3) is 7.04. The number of aliphatic imine (C=N–C) groups is 1. The van der Waals surface area contributed by atoms with Crippen molar-refractivity contribution in [2.75, 3.05) is 32.6 Å². The summed E-state index contributed by atoms with van der Waals surface area (Å²) in [4.78, 5) is 7.75. The van der Waals surface area contributed by atoms with Crippen LogP contribution in [0, 0.1) is 0 Å². The summed E-state index contributed by atoms with van der Waals surface area (Å²) in [6.07, 6.45) is -2.46. The van der Waals surface area contributed by atoms with Gasteiger partial charge in [0, 0.05) is 36.9 Å². The summed E-state index contributed by atoms with van der Waals surface area (Å²) in [5.74, 6) is 1.58. The van der Waals surface area contributed by atoms with Crippen LogP contribution in [-0.4, -0.2) is 48.2 Å². The SMILES string of the molecule is CCSC1(CNC(=NC)NCc2nc(C(F)(F)F)cs2)CCOCC1.I. The molecule has 1 fully saturated rings. The number of hydrogen-bond donors (Lipinski definition) is 2. The largest absolute Gasteiger partial charge is 0.434 e. The lowest BCUT2D eigenvalue weighted by Gasteiger charge is -2.37. The average Bonchev–Trinajstić information content (AvgIpc) is 3.05. The summed E-state index contributed by atoms with van der Waals surface area (Å²) in [5, 5.41) is 7.72. The zero-order valence-corrected chi connectivity index (χ0v) is 18.7. The number of nitrogens with one attached hydrogen (secondary N) is 2. The van der Waals surface area contributed by atoms with Gasteiger partial charge in [-0.15, -0.1) is 35.3 Å². The van der Waals surface area contributed by atoms with Gasteiger partial charge in [0.1, 0.15) is 5.01 Å². The first-order valence-corrected chi connectivity index (χ1v) is 9.93. The van der Waals surface area contributed by atoms with Crippen molar-refractivity contribution in [1.29, 1.82) is 0 Å². The number of thioether (sulfide) groups is 1. The molecule has 0 aromatic carbocycles. The fourth-order valence-corrected chi connectivity index (χ4v) is 4.55. The molecule has 5 nitrogen and oxygen atoms in total. The first-order valence-electron chi connectivity index (χ1n) is 8.06. The second-order valence-electron chi connectivity index (χ2n) is 5.63. The summed E-state index contributed by atoms with van der Waals surface area (Å²) in [7, 11) is 1.64. The van der Waals surface area contributed by atoms with Crippen molar-refractivity contribution in [1.82, 2.24) is 15.6 Å². The van der Waals surface area contributed by atoms with Gasteiger partial charge in [-0.3, -0.25) is 4.99 Å². The van der Waals surface area contributed by atoms with Crippen LogP contribution in [0.25, 0.3) is 0 Å². The van der Waals surface area contributed by atoms with E-state index in [-0.39, 0.29) is 35.3 Å². The molecule has 2 heterocycles. The lowest BCUT2D eigenvalue weighted by Crippen LogP contribution is -2.48. The molecule has 0 bridgehead atoms. The highest BCUT2D eigenvalue weighted by Crippen LogP contribution is 2.34. The van der Waals surface area contributed by atoms with E-state index < -0.39 is 11.9 Å². The molecule has 0 saturated carbocycles. The van der Waals surface area contributed by atoms with Crippen molar-refractivity contribution >= 4 is 53.0 Å². The number of guanidine groups is 1. The lowest BCUT2D eigenvalue weighted by atomic mass is 9.99. The maximum atomic E-state index is 12.6. The van der Waals surface area contributed by atoms with Crippen LogP contribution in [0.3, 0.4) is 0 Å². The molecule has 0 aliphatic carbocycles. The molecule has 26 heavy (non-hydrogen) atoms. The summed E-state index contributed by atoms with van der Waals surface area (Å²) in [5.41, 5.74) is -0.849. The quantitative estimate of drug-likeness (QED) is 0.338. The highest BCUT2D eigenvalue weighted by atomic mass is 127. The van der Waals surface area contributed by atoms with Crippen LogP contribution in [0.2, 0.25) is 0 Å². The molecule has 150 valence electrons. The van der Waals surface area contributed by atoms with Gasteiger partial charge in [-0.25, -0.2) is 4.98 Å². The first kappa shape index (κ1) is 23.8. The van der Waals surface area contributed by atoms with Gasteiger partial charge in [-0.1, -0.05) is 6.92 Å². The molecule has 1 saturated heterocycles. The molecule has 1 aromatic rings. The number of hydrogen-bond acceptors (Lipinski definition) is 5. The van der Waals surface area contributed by atoms with E-state index in [0.717, 1.165) is 55.1 Å². The van der Waals surface area contributed by atoms with Crippen molar-refractivity contribution in [2.45, 2.75) is 37.2 Å². The molecule has 0 unspecified atom stereocenters. The normalized spacial score (nSPS) is 17.5. The number of alkyl halides is 3. The van der Waals surface area contributed by atoms with Crippen molar-refractivity contribution < 1.29 is 17.9 Å². The third-order valence-corrected chi connectivity index (χ3v) is 6.21. The maximum absolute atomic E-state index is 12.6. The Morgan fingerprint density at radius 3 is 2.62 bits per heavy atom. The van der Waals surface area contributed by atoms with Gasteiger partial charge >= 0.3 is 6.18 Å². The van der Waals surface area contributed by atoms with E-state index in [0.29, 0.717) is 11.0 Å². The molecule has 1 aliphatic rings. The van der Waals surface area contributed by atoms with E-state index in [4.69, 9.17) is 4.74 Å². The van der Waals surface area contributed by atoms with E-state index >= 15 is 0 Å². The Labute approximate surface area is 177 Å². The van der Waals surface area contributed by atoms with Crippen LogP contribution in [0.4, 0.5) is 13.2 Å². The smallest absolute Gasteiger partial charge is 0.381 e. The van der Waals surface area contributed by atoms with E-state index in [1.165, 1.54) is 0 Å². The Morgan fingerprint density at radius 1 is 1.38 bits per heavy atom. The van der Waals surface area contributed by atoms with Crippen molar-refractivity contribution in [2.24, 2.45) is 4.99 Å². The molecule has 0 spiro atoms. The third-order valence-electron chi connectivity index (χ3n) is 3.91. The first-order chi connectivity index (χ1) is 11.9. The second kappa shape index (κ2) is 10.9. The number of rotatable bonds is 6. The predicted octanol–water partition coefficient (Wildman–Crippen LogP) is 3.75. The minimum atomic E-state index is -4.40. The number of nitrogens with zero attached hydrogens (tertiary/aromatic N) is 2. The minimum absolute atomic E-state index is 0. The van der Waals surface area contributed by atoms with Gasteiger partial charge < -0.3 is 15.4 Å². The van der Waals surface area contributed by atoms with Gasteiger partial charge in [-0.2, -0.15) is 24.9 Å². The molecule has 0 radical (unpaired) electrons. The van der Waals surface area contributed by atoms with Crippen LogP contribution >= 0.6 is 47.1 Å². The number of aromatic nitrogens is 1. The zero-order chi connectivity index (χ0) is 18.3. The Hall–Kier alpha value is -0.270. The molecule has 2 rings (SSSR count). The van der Waals surface area contributed by atoms with Crippen LogP contribution in [0.15, 0.2) is 10.4 Å². The van der Waals surface area contributed by atoms with Crippen LogP contribution in [0.5, 0.6) is 0 Å². The summed E-state index contributed by atoms with van der Waals surface area (Å²) in [6.45, 7) is 4.58. The Bertz CT molecular complexity index is 572. The lowest BCUT2D eigenvalue weighted by molar-refractivity contribution is -0.140. The standard InChI is InChI=1S/C15H23F3N4OS2.HI/c1-3-25-14(4-6-23-7-5-14)10-21-13(19-2)20-8-12-22-11(9-24-12)15(16,17)18;/h9H,3-8,10H2,1-2H3,(H2,19,20,21);1H. The molecule has 2 N–H and O–H groups in total. The number of halogens is 4. The van der Waals surface area contributed by atoms with E-state index in [1.807, 2.05) is 11.8 Å². The Morgan fingerprint density at radius 2 is 2.08 bits per heavy atom. The van der Waals surface area contributed by atoms with Gasteiger partial charge in [0.05, 0.1) is 6.54 Å². The van der Waals surface area contributed by atoms with Crippen LogP contribution in [-0.2, 0) is 17.5 Å². The molecule has 0 atom stereocenters. The van der Waals surface area contributed by atoms with Crippen LogP contribution < -0.4 is 10.6 Å². The number of thiazole rings is 1. The Kier molecular flexibility index (Phi) is 9.97. The minimum Gasteiger partial charge on any atom is -0.381 e. The fourth-order valence-electron chi connectivity index (χ4n) is 2.57. The molecular formula is C15H24F3IN4OS2. The summed E-state index contributed by atoms with van der Waals surface area (Å²) >= 11 is 2.90. The summed E-state index contributed by atoms with van der Waals surface area (Å²) in [6, 6.07) is 0. The second-order valence-corrected chi connectivity index (χ2v) is 8.31. The zero-order valence-electron chi connectivity index (χ0n) is 14.7. The monoisotopic (exact) mass is 524 g/mol. The van der Waals surface area contributed by atoms with Crippen molar-refractivity contribution in [3.63, 3.8) is 0 Å². The highest BCUT2D eigenvalue weighted by molar-refractivity contribution is 14.0. The molecule has 11 heteroatoms. The molecule has 1 aliphatic heterocycles. The van der Waals surface area contributed by atoms with E-state index in [2.05, 4.69) is 27.5 Å². The topological polar surface area (TPSA) is 58.5 Å². The van der Waals surface area contributed by atoms with E-state index in [1.54, 1.807) is 7.05 Å². The molecule has 0 amide bonds. The number of ether oxygens (including phenoxy) is 1. The Balaban J connectivity index is 0.00000338. The van der Waals surface area contributed by atoms with Gasteiger partial charge in [0.25, 0.3) is 0 Å². The molecular weight excluding hydrogens is 500 g/mol. The molecule has 1 aromatic heterocycles. The average molecular weight is 524 g/mol. The van der Waals surface area contributed by atoms with Gasteiger partial charge in [0.15, 0.2) is 11.7 Å². The summed E-state index contributed by atoms with van der Waals surface area (Å²) < 4.78 is 43.3. The van der Waals surface area contributed by atoms with Crippen molar-refractivity contribution in [3.05, 3.63) is 16.1 Å².